The molecule has 0 aromatic rings. The zero-order valence-electron chi connectivity index (χ0n) is 14.6. The fourth-order valence-corrected chi connectivity index (χ4v) is 2.44. The molecule has 0 aromatic heterocycles. The van der Waals surface area contributed by atoms with Crippen molar-refractivity contribution in [2.75, 3.05) is 13.2 Å². The number of ether oxygens (including phenoxy) is 1. The zero-order chi connectivity index (χ0) is 16.7. The van der Waals surface area contributed by atoms with E-state index in [0.29, 0.717) is 25.5 Å². The van der Waals surface area contributed by atoms with E-state index in [1.807, 2.05) is 13.8 Å². The minimum Gasteiger partial charge on any atom is -0.464 e. The average Bonchev–Trinajstić information content (AvgIpc) is 2.91. The van der Waals surface area contributed by atoms with E-state index in [4.69, 9.17) is 10.5 Å². The van der Waals surface area contributed by atoms with Gasteiger partial charge in [-0.3, -0.25) is 4.79 Å². The summed E-state index contributed by atoms with van der Waals surface area (Å²) in [5.41, 5.74) is 6.14. The van der Waals surface area contributed by atoms with Gasteiger partial charge in [-0.25, -0.2) is 4.79 Å². The van der Waals surface area contributed by atoms with Gasteiger partial charge in [0.2, 0.25) is 5.91 Å². The normalized spacial score (nSPS) is 22.5. The zero-order valence-corrected chi connectivity index (χ0v) is 15.4. The Morgan fingerprint density at radius 1 is 1.30 bits per heavy atom. The molecule has 5 atom stereocenters. The minimum absolute atomic E-state index is 0. The number of hydrogen-bond donors (Lipinski definition) is 3. The molecule has 1 fully saturated rings. The molecule has 0 aromatic carbocycles. The van der Waals surface area contributed by atoms with Crippen molar-refractivity contribution < 1.29 is 14.3 Å². The van der Waals surface area contributed by atoms with Gasteiger partial charge in [-0.05, 0) is 11.8 Å². The Morgan fingerprint density at radius 3 is 2.39 bits per heavy atom. The molecular weight excluding hydrogens is 318 g/mol. The highest BCUT2D eigenvalue weighted by atomic mass is 35.5. The summed E-state index contributed by atoms with van der Waals surface area (Å²) in [7, 11) is 0. The van der Waals surface area contributed by atoms with E-state index in [-0.39, 0.29) is 42.3 Å². The van der Waals surface area contributed by atoms with Gasteiger partial charge in [0.1, 0.15) is 6.04 Å². The van der Waals surface area contributed by atoms with E-state index in [0.717, 1.165) is 12.8 Å². The Bertz CT molecular complexity index is 382. The topological polar surface area (TPSA) is 93.4 Å². The van der Waals surface area contributed by atoms with Gasteiger partial charge in [0, 0.05) is 19.0 Å². The third kappa shape index (κ3) is 6.65. The number of halogens is 1. The number of amides is 1. The van der Waals surface area contributed by atoms with Crippen LogP contribution < -0.4 is 16.4 Å². The largest absolute Gasteiger partial charge is 0.464 e. The van der Waals surface area contributed by atoms with E-state index in [1.54, 1.807) is 0 Å². The van der Waals surface area contributed by atoms with Crippen molar-refractivity contribution in [2.24, 2.45) is 17.6 Å². The van der Waals surface area contributed by atoms with E-state index < -0.39 is 6.04 Å². The SMILES string of the molecule is CCC(C)[C@H](N)CN[C@H](C(=O)N[C@H]1CCOC1=O)[C@@H](C)CC.Cl. The predicted molar refractivity (Wildman–Crippen MR) is 93.4 cm³/mol. The summed E-state index contributed by atoms with van der Waals surface area (Å²) in [6.45, 7) is 9.26. The molecule has 23 heavy (non-hydrogen) atoms. The van der Waals surface area contributed by atoms with Crippen LogP contribution in [0.3, 0.4) is 0 Å². The van der Waals surface area contributed by atoms with Crippen molar-refractivity contribution in [3.8, 4) is 0 Å². The second-order valence-corrected chi connectivity index (χ2v) is 6.34. The summed E-state index contributed by atoms with van der Waals surface area (Å²) in [6.07, 6.45) is 2.43. The molecule has 0 aliphatic carbocycles. The summed E-state index contributed by atoms with van der Waals surface area (Å²) >= 11 is 0. The van der Waals surface area contributed by atoms with Crippen molar-refractivity contribution in [1.82, 2.24) is 10.6 Å². The Morgan fingerprint density at radius 2 is 1.91 bits per heavy atom. The maximum absolute atomic E-state index is 12.5. The Hall–Kier alpha value is -0.850. The van der Waals surface area contributed by atoms with Crippen LogP contribution in [0.15, 0.2) is 0 Å². The van der Waals surface area contributed by atoms with Crippen LogP contribution >= 0.6 is 12.4 Å². The first kappa shape index (κ1) is 22.1. The Balaban J connectivity index is 0.00000484. The summed E-state index contributed by atoms with van der Waals surface area (Å²) in [4.78, 5) is 24.0. The number of carbonyl (C=O) groups is 2. The van der Waals surface area contributed by atoms with Crippen LogP contribution in [-0.4, -0.2) is 43.2 Å². The van der Waals surface area contributed by atoms with Crippen molar-refractivity contribution >= 4 is 24.3 Å². The Kier molecular flexibility index (Phi) is 10.4. The fraction of sp³-hybridized carbons (Fsp3) is 0.875. The second-order valence-electron chi connectivity index (χ2n) is 6.34. The van der Waals surface area contributed by atoms with E-state index in [9.17, 15) is 9.59 Å². The van der Waals surface area contributed by atoms with Crippen LogP contribution in [-0.2, 0) is 14.3 Å². The van der Waals surface area contributed by atoms with E-state index in [1.165, 1.54) is 0 Å². The van der Waals surface area contributed by atoms with Crippen molar-refractivity contribution in [1.29, 1.82) is 0 Å². The third-order valence-corrected chi connectivity index (χ3v) is 4.70. The highest BCUT2D eigenvalue weighted by Gasteiger charge is 2.32. The summed E-state index contributed by atoms with van der Waals surface area (Å²) < 4.78 is 4.88. The first-order chi connectivity index (χ1) is 10.4. The number of rotatable bonds is 9. The minimum atomic E-state index is -0.510. The fourth-order valence-electron chi connectivity index (χ4n) is 2.44. The van der Waals surface area contributed by atoms with Crippen LogP contribution in [0.5, 0.6) is 0 Å². The quantitative estimate of drug-likeness (QED) is 0.544. The molecule has 0 bridgehead atoms. The van der Waals surface area contributed by atoms with E-state index >= 15 is 0 Å². The summed E-state index contributed by atoms with van der Waals surface area (Å²) in [6, 6.07) is -0.835. The lowest BCUT2D eigenvalue weighted by atomic mass is 9.95. The molecule has 1 aliphatic rings. The summed E-state index contributed by atoms with van der Waals surface area (Å²) in [5, 5.41) is 6.08. The smallest absolute Gasteiger partial charge is 0.328 e. The highest BCUT2D eigenvalue weighted by molar-refractivity contribution is 5.88. The lowest BCUT2D eigenvalue weighted by Crippen LogP contribution is -2.54. The number of nitrogens with one attached hydrogen (secondary N) is 2. The van der Waals surface area contributed by atoms with Crippen LogP contribution in [0.4, 0.5) is 0 Å². The first-order valence-corrected chi connectivity index (χ1v) is 8.36. The molecule has 0 spiro atoms. The molecular formula is C16H32ClN3O3. The number of hydrogen-bond acceptors (Lipinski definition) is 5. The molecule has 1 unspecified atom stereocenters. The van der Waals surface area contributed by atoms with Gasteiger partial charge in [-0.15, -0.1) is 12.4 Å². The van der Waals surface area contributed by atoms with Crippen molar-refractivity contribution in [2.45, 2.75) is 65.1 Å². The number of esters is 1. The number of carbonyl (C=O) groups excluding carboxylic acids is 2. The van der Waals surface area contributed by atoms with Crippen LogP contribution in [0.1, 0.15) is 47.0 Å². The summed E-state index contributed by atoms with van der Waals surface area (Å²) in [5.74, 6) is 0.0848. The van der Waals surface area contributed by atoms with Crippen molar-refractivity contribution in [3.05, 3.63) is 0 Å². The monoisotopic (exact) mass is 349 g/mol. The molecule has 1 saturated heterocycles. The molecule has 0 saturated carbocycles. The van der Waals surface area contributed by atoms with Gasteiger partial charge in [0.05, 0.1) is 12.6 Å². The maximum atomic E-state index is 12.5. The van der Waals surface area contributed by atoms with Gasteiger partial charge in [0.15, 0.2) is 0 Å². The maximum Gasteiger partial charge on any atom is 0.328 e. The first-order valence-electron chi connectivity index (χ1n) is 8.36. The number of cyclic esters (lactones) is 1. The molecule has 0 radical (unpaired) electrons. The molecule has 7 heteroatoms. The molecule has 1 heterocycles. The Labute approximate surface area is 145 Å². The average molecular weight is 350 g/mol. The van der Waals surface area contributed by atoms with E-state index in [2.05, 4.69) is 24.5 Å². The third-order valence-electron chi connectivity index (χ3n) is 4.70. The van der Waals surface area contributed by atoms with Gasteiger partial charge < -0.3 is 21.1 Å². The van der Waals surface area contributed by atoms with Gasteiger partial charge >= 0.3 is 5.97 Å². The highest BCUT2D eigenvalue weighted by Crippen LogP contribution is 2.12. The molecule has 6 nitrogen and oxygen atoms in total. The van der Waals surface area contributed by atoms with Crippen LogP contribution in [0, 0.1) is 11.8 Å². The molecule has 4 N–H and O–H groups in total. The van der Waals surface area contributed by atoms with Gasteiger partial charge in [0.25, 0.3) is 0 Å². The van der Waals surface area contributed by atoms with Crippen LogP contribution in [0.25, 0.3) is 0 Å². The van der Waals surface area contributed by atoms with Crippen LogP contribution in [0.2, 0.25) is 0 Å². The number of nitrogens with two attached hydrogens (primary N) is 1. The lowest BCUT2D eigenvalue weighted by molar-refractivity contribution is -0.141. The molecule has 136 valence electrons. The molecule has 1 aliphatic heterocycles. The second kappa shape index (κ2) is 10.8. The molecule has 1 rings (SSSR count). The predicted octanol–water partition coefficient (Wildman–Crippen LogP) is 1.22. The molecule has 1 amide bonds. The lowest BCUT2D eigenvalue weighted by Gasteiger charge is -2.27. The van der Waals surface area contributed by atoms with Gasteiger partial charge in [-0.1, -0.05) is 40.5 Å². The standard InChI is InChI=1S/C16H31N3O3.ClH/c1-5-10(3)12(17)9-18-14(11(4)6-2)15(20)19-13-7-8-22-16(13)21;/h10-14,18H,5-9,17H2,1-4H3,(H,19,20);1H/t10?,11-,12+,13-,14-;/m0./s1. The van der Waals surface area contributed by atoms with Crippen molar-refractivity contribution in [3.63, 3.8) is 0 Å². The van der Waals surface area contributed by atoms with Gasteiger partial charge in [-0.2, -0.15) is 0 Å².